The number of aromatic hydroxyl groups is 1. The number of phenolic OH excluding ortho intramolecular Hbond substituents is 1. The van der Waals surface area contributed by atoms with Crippen LogP contribution in [0, 0.1) is 12.3 Å². The Morgan fingerprint density at radius 1 is 1.27 bits per heavy atom. The molecule has 74 valence electrons. The fraction of sp³-hybridized carbons (Fsp3) is 0.0769. The van der Waals surface area contributed by atoms with Crippen LogP contribution in [0.15, 0.2) is 36.4 Å². The molecule has 0 aromatic heterocycles. The molecule has 0 radical (unpaired) electrons. The third kappa shape index (κ3) is 1.87. The summed E-state index contributed by atoms with van der Waals surface area (Å²) in [7, 11) is 0. The van der Waals surface area contributed by atoms with Gasteiger partial charge < -0.3 is 9.84 Å². The lowest BCUT2D eigenvalue weighted by molar-refractivity contribution is 0.368. The molecule has 2 aromatic carbocycles. The van der Waals surface area contributed by atoms with Crippen molar-refractivity contribution in [2.75, 3.05) is 6.61 Å². The van der Waals surface area contributed by atoms with Crippen molar-refractivity contribution < 1.29 is 9.84 Å². The number of hydrogen-bond acceptors (Lipinski definition) is 2. The summed E-state index contributed by atoms with van der Waals surface area (Å²) in [4.78, 5) is 0. The molecule has 2 rings (SSSR count). The lowest BCUT2D eigenvalue weighted by Crippen LogP contribution is -1.93. The smallest absolute Gasteiger partial charge is 0.148 e. The van der Waals surface area contributed by atoms with E-state index in [2.05, 4.69) is 5.92 Å². The lowest BCUT2D eigenvalue weighted by atomic mass is 10.1. The fourth-order valence-electron chi connectivity index (χ4n) is 1.47. The summed E-state index contributed by atoms with van der Waals surface area (Å²) >= 11 is 0. The van der Waals surface area contributed by atoms with Crippen LogP contribution in [0.4, 0.5) is 0 Å². The van der Waals surface area contributed by atoms with E-state index in [1.165, 1.54) is 0 Å². The molecule has 0 saturated heterocycles. The molecule has 1 N–H and O–H groups in total. The van der Waals surface area contributed by atoms with Gasteiger partial charge in [0.25, 0.3) is 0 Å². The van der Waals surface area contributed by atoms with Crippen molar-refractivity contribution in [3.8, 4) is 23.8 Å². The van der Waals surface area contributed by atoms with Crippen molar-refractivity contribution in [3.05, 3.63) is 36.4 Å². The van der Waals surface area contributed by atoms with E-state index in [1.54, 1.807) is 6.07 Å². The second-order valence-corrected chi connectivity index (χ2v) is 3.16. The van der Waals surface area contributed by atoms with Gasteiger partial charge in [0.2, 0.25) is 0 Å². The zero-order valence-corrected chi connectivity index (χ0v) is 8.10. The highest BCUT2D eigenvalue weighted by molar-refractivity contribution is 5.89. The molecule has 0 atom stereocenters. The Labute approximate surface area is 88.1 Å². The molecule has 0 aliphatic carbocycles. The summed E-state index contributed by atoms with van der Waals surface area (Å²) in [6.45, 7) is 0.206. The average Bonchev–Trinajstić information content (AvgIpc) is 2.26. The van der Waals surface area contributed by atoms with Crippen LogP contribution in [-0.4, -0.2) is 11.7 Å². The molecule has 0 spiro atoms. The maximum atomic E-state index is 9.72. The first-order valence-corrected chi connectivity index (χ1v) is 4.59. The van der Waals surface area contributed by atoms with Crippen molar-refractivity contribution in [1.82, 2.24) is 0 Å². The Bertz CT molecular complexity index is 524. The topological polar surface area (TPSA) is 29.5 Å². The van der Waals surface area contributed by atoms with E-state index in [-0.39, 0.29) is 12.4 Å². The van der Waals surface area contributed by atoms with Crippen LogP contribution in [0.25, 0.3) is 10.8 Å². The van der Waals surface area contributed by atoms with Crippen LogP contribution in [0.5, 0.6) is 11.5 Å². The highest BCUT2D eigenvalue weighted by Crippen LogP contribution is 2.29. The molecule has 15 heavy (non-hydrogen) atoms. The minimum Gasteiger partial charge on any atom is -0.507 e. The van der Waals surface area contributed by atoms with Crippen LogP contribution in [0.3, 0.4) is 0 Å². The third-order valence-electron chi connectivity index (χ3n) is 2.14. The Kier molecular flexibility index (Phi) is 2.47. The number of phenols is 1. The second kappa shape index (κ2) is 3.93. The Balaban J connectivity index is 2.49. The van der Waals surface area contributed by atoms with E-state index in [0.29, 0.717) is 5.75 Å². The van der Waals surface area contributed by atoms with Crippen LogP contribution in [0.2, 0.25) is 0 Å². The zero-order chi connectivity index (χ0) is 10.7. The van der Waals surface area contributed by atoms with E-state index in [1.807, 2.05) is 30.3 Å². The van der Waals surface area contributed by atoms with Crippen molar-refractivity contribution in [2.45, 2.75) is 0 Å². The molecule has 2 nitrogen and oxygen atoms in total. The highest BCUT2D eigenvalue weighted by Gasteiger charge is 2.02. The molecule has 0 unspecified atom stereocenters. The first-order chi connectivity index (χ1) is 7.31. The summed E-state index contributed by atoms with van der Waals surface area (Å²) in [6.07, 6.45) is 5.09. The summed E-state index contributed by atoms with van der Waals surface area (Å²) in [5.74, 6) is 3.18. The second-order valence-electron chi connectivity index (χ2n) is 3.16. The summed E-state index contributed by atoms with van der Waals surface area (Å²) in [6, 6.07) is 11.0. The van der Waals surface area contributed by atoms with Crippen LogP contribution >= 0.6 is 0 Å². The van der Waals surface area contributed by atoms with Crippen molar-refractivity contribution in [3.63, 3.8) is 0 Å². The van der Waals surface area contributed by atoms with Gasteiger partial charge in [-0.3, -0.25) is 0 Å². The number of rotatable bonds is 2. The standard InChI is InChI=1S/C13H10O2/c1-2-7-15-11-8-10-5-3-4-6-12(10)13(14)9-11/h1,3-6,8-9,14H,7H2. The molecule has 2 heteroatoms. The largest absolute Gasteiger partial charge is 0.507 e. The van der Waals surface area contributed by atoms with Crippen molar-refractivity contribution >= 4 is 10.8 Å². The summed E-state index contributed by atoms with van der Waals surface area (Å²) in [5, 5.41) is 11.5. The Hall–Kier alpha value is -2.14. The number of benzene rings is 2. The van der Waals surface area contributed by atoms with Gasteiger partial charge in [-0.15, -0.1) is 6.42 Å². The van der Waals surface area contributed by atoms with Gasteiger partial charge in [-0.2, -0.15) is 0 Å². The Morgan fingerprint density at radius 3 is 2.87 bits per heavy atom. The zero-order valence-electron chi connectivity index (χ0n) is 8.10. The summed E-state index contributed by atoms with van der Waals surface area (Å²) in [5.41, 5.74) is 0. The van der Waals surface area contributed by atoms with Crippen molar-refractivity contribution in [1.29, 1.82) is 0 Å². The predicted octanol–water partition coefficient (Wildman–Crippen LogP) is 2.56. The van der Waals surface area contributed by atoms with Gasteiger partial charge in [0, 0.05) is 11.5 Å². The average molecular weight is 198 g/mol. The van der Waals surface area contributed by atoms with Gasteiger partial charge in [0.05, 0.1) is 0 Å². The maximum absolute atomic E-state index is 9.72. The number of fused-ring (bicyclic) bond motifs is 1. The molecular weight excluding hydrogens is 188 g/mol. The molecular formula is C13H10O2. The van der Waals surface area contributed by atoms with Crippen molar-refractivity contribution in [2.24, 2.45) is 0 Å². The third-order valence-corrected chi connectivity index (χ3v) is 2.14. The van der Waals surface area contributed by atoms with E-state index in [0.717, 1.165) is 10.8 Å². The molecule has 0 aliphatic rings. The molecule has 0 fully saturated rings. The maximum Gasteiger partial charge on any atom is 0.148 e. The Morgan fingerprint density at radius 2 is 2.07 bits per heavy atom. The van der Waals surface area contributed by atoms with E-state index in [9.17, 15) is 5.11 Å². The van der Waals surface area contributed by atoms with Gasteiger partial charge in [0.1, 0.15) is 18.1 Å². The van der Waals surface area contributed by atoms with Gasteiger partial charge in [0.15, 0.2) is 0 Å². The van der Waals surface area contributed by atoms with Gasteiger partial charge in [-0.25, -0.2) is 0 Å². The number of ether oxygens (including phenoxy) is 1. The quantitative estimate of drug-likeness (QED) is 0.751. The molecule has 0 bridgehead atoms. The molecule has 0 saturated carbocycles. The molecule has 0 amide bonds. The lowest BCUT2D eigenvalue weighted by Gasteiger charge is -2.06. The number of terminal acetylenes is 1. The predicted molar refractivity (Wildman–Crippen MR) is 59.9 cm³/mol. The van der Waals surface area contributed by atoms with Crippen LogP contribution in [-0.2, 0) is 0 Å². The number of hydrogen-bond donors (Lipinski definition) is 1. The van der Waals surface area contributed by atoms with Crippen LogP contribution < -0.4 is 4.74 Å². The fourth-order valence-corrected chi connectivity index (χ4v) is 1.47. The van der Waals surface area contributed by atoms with E-state index in [4.69, 9.17) is 11.2 Å². The minimum absolute atomic E-state index is 0.206. The normalized spacial score (nSPS) is 9.80. The monoisotopic (exact) mass is 198 g/mol. The summed E-state index contributed by atoms with van der Waals surface area (Å²) < 4.78 is 5.25. The molecule has 0 heterocycles. The van der Waals surface area contributed by atoms with Gasteiger partial charge in [-0.05, 0) is 11.5 Å². The molecule has 0 aliphatic heterocycles. The van der Waals surface area contributed by atoms with Gasteiger partial charge >= 0.3 is 0 Å². The SMILES string of the molecule is C#CCOc1cc(O)c2ccccc2c1. The van der Waals surface area contributed by atoms with Gasteiger partial charge in [-0.1, -0.05) is 30.2 Å². The van der Waals surface area contributed by atoms with E-state index >= 15 is 0 Å². The van der Waals surface area contributed by atoms with E-state index < -0.39 is 0 Å². The molecule has 2 aromatic rings. The highest BCUT2D eigenvalue weighted by atomic mass is 16.5. The van der Waals surface area contributed by atoms with Crippen LogP contribution in [0.1, 0.15) is 0 Å². The minimum atomic E-state index is 0.206. The first-order valence-electron chi connectivity index (χ1n) is 4.59. The first kappa shape index (κ1) is 9.42.